The lowest BCUT2D eigenvalue weighted by Gasteiger charge is -2.39. The fraction of sp³-hybridized carbons (Fsp3) is 0.455. The standard InChI is InChI=1S/C11H15NO/c1-11(7-12-8-11)9-3-5-10(13-2)6-4-9/h3-6,12H,7-8H2,1-2H3. The van der Waals surface area contributed by atoms with Crippen LogP contribution in [0.1, 0.15) is 12.5 Å². The molecule has 1 aromatic carbocycles. The third kappa shape index (κ3) is 1.42. The summed E-state index contributed by atoms with van der Waals surface area (Å²) in [5.41, 5.74) is 1.73. The van der Waals surface area contributed by atoms with Gasteiger partial charge < -0.3 is 10.1 Å². The molecule has 0 saturated carbocycles. The second-order valence-corrected chi connectivity index (χ2v) is 3.89. The molecule has 1 heterocycles. The molecule has 0 bridgehead atoms. The smallest absolute Gasteiger partial charge is 0.118 e. The first-order valence-electron chi connectivity index (χ1n) is 4.60. The van der Waals surface area contributed by atoms with Crippen LogP contribution in [0.2, 0.25) is 0 Å². The Labute approximate surface area is 78.9 Å². The summed E-state index contributed by atoms with van der Waals surface area (Å²) in [6, 6.07) is 8.36. The summed E-state index contributed by atoms with van der Waals surface area (Å²) in [5, 5.41) is 3.30. The predicted octanol–water partition coefficient (Wildman–Crippen LogP) is 1.56. The quantitative estimate of drug-likeness (QED) is 0.740. The highest BCUT2D eigenvalue weighted by Gasteiger charge is 2.33. The van der Waals surface area contributed by atoms with Crippen molar-refractivity contribution in [3.8, 4) is 5.75 Å². The molecule has 1 saturated heterocycles. The Hall–Kier alpha value is -1.02. The maximum atomic E-state index is 5.12. The molecule has 0 radical (unpaired) electrons. The van der Waals surface area contributed by atoms with Crippen LogP contribution in [0.15, 0.2) is 24.3 Å². The molecule has 1 aliphatic rings. The van der Waals surface area contributed by atoms with Gasteiger partial charge in [0.05, 0.1) is 7.11 Å². The van der Waals surface area contributed by atoms with Crippen LogP contribution in [0, 0.1) is 0 Å². The second-order valence-electron chi connectivity index (χ2n) is 3.89. The first-order chi connectivity index (χ1) is 6.24. The van der Waals surface area contributed by atoms with E-state index in [-0.39, 0.29) is 0 Å². The zero-order valence-electron chi connectivity index (χ0n) is 8.13. The molecule has 2 heteroatoms. The average Bonchev–Trinajstić information content (AvgIpc) is 2.14. The van der Waals surface area contributed by atoms with Crippen molar-refractivity contribution in [1.82, 2.24) is 5.32 Å². The van der Waals surface area contributed by atoms with Gasteiger partial charge in [0, 0.05) is 18.5 Å². The number of methoxy groups -OCH3 is 1. The maximum absolute atomic E-state index is 5.12. The molecule has 0 atom stereocenters. The van der Waals surface area contributed by atoms with Crippen molar-refractivity contribution in [3.05, 3.63) is 29.8 Å². The Bertz CT molecular complexity index is 287. The van der Waals surface area contributed by atoms with Gasteiger partial charge in [-0.25, -0.2) is 0 Å². The van der Waals surface area contributed by atoms with Crippen molar-refractivity contribution in [2.45, 2.75) is 12.3 Å². The molecule has 0 amide bonds. The highest BCUT2D eigenvalue weighted by molar-refractivity contribution is 5.34. The fourth-order valence-corrected chi connectivity index (χ4v) is 1.70. The van der Waals surface area contributed by atoms with Crippen LogP contribution in [0.4, 0.5) is 0 Å². The molecule has 1 aliphatic heterocycles. The molecule has 0 aromatic heterocycles. The van der Waals surface area contributed by atoms with E-state index in [1.165, 1.54) is 5.56 Å². The molecular weight excluding hydrogens is 162 g/mol. The normalized spacial score (nSPS) is 19.2. The Morgan fingerprint density at radius 2 is 1.85 bits per heavy atom. The topological polar surface area (TPSA) is 21.3 Å². The molecular formula is C11H15NO. The molecule has 13 heavy (non-hydrogen) atoms. The monoisotopic (exact) mass is 177 g/mol. The third-order valence-electron chi connectivity index (χ3n) is 2.82. The fourth-order valence-electron chi connectivity index (χ4n) is 1.70. The summed E-state index contributed by atoms with van der Waals surface area (Å²) in [4.78, 5) is 0. The van der Waals surface area contributed by atoms with E-state index in [4.69, 9.17) is 4.74 Å². The Kier molecular flexibility index (Phi) is 2.00. The predicted molar refractivity (Wildman–Crippen MR) is 53.2 cm³/mol. The highest BCUT2D eigenvalue weighted by Crippen LogP contribution is 2.28. The van der Waals surface area contributed by atoms with Crippen LogP contribution in [0.25, 0.3) is 0 Å². The van der Waals surface area contributed by atoms with E-state index in [0.29, 0.717) is 5.41 Å². The van der Waals surface area contributed by atoms with Gasteiger partial charge in [-0.05, 0) is 17.7 Å². The molecule has 1 aromatic rings. The minimum atomic E-state index is 0.340. The van der Waals surface area contributed by atoms with Crippen molar-refractivity contribution in [2.75, 3.05) is 20.2 Å². The summed E-state index contributed by atoms with van der Waals surface area (Å²) in [6.45, 7) is 4.45. The van der Waals surface area contributed by atoms with Gasteiger partial charge in [-0.15, -0.1) is 0 Å². The van der Waals surface area contributed by atoms with Crippen molar-refractivity contribution in [3.63, 3.8) is 0 Å². The minimum absolute atomic E-state index is 0.340. The molecule has 70 valence electrons. The van der Waals surface area contributed by atoms with Crippen LogP contribution >= 0.6 is 0 Å². The number of nitrogens with one attached hydrogen (secondary N) is 1. The maximum Gasteiger partial charge on any atom is 0.118 e. The number of rotatable bonds is 2. The Morgan fingerprint density at radius 1 is 1.23 bits per heavy atom. The van der Waals surface area contributed by atoms with Gasteiger partial charge >= 0.3 is 0 Å². The summed E-state index contributed by atoms with van der Waals surface area (Å²) in [5.74, 6) is 0.930. The van der Waals surface area contributed by atoms with E-state index in [0.717, 1.165) is 18.8 Å². The molecule has 2 rings (SSSR count). The van der Waals surface area contributed by atoms with Gasteiger partial charge in [-0.2, -0.15) is 0 Å². The first kappa shape index (κ1) is 8.57. The third-order valence-corrected chi connectivity index (χ3v) is 2.82. The average molecular weight is 177 g/mol. The van der Waals surface area contributed by atoms with Crippen LogP contribution in [-0.2, 0) is 5.41 Å². The van der Waals surface area contributed by atoms with Gasteiger partial charge in [0.2, 0.25) is 0 Å². The number of hydrogen-bond acceptors (Lipinski definition) is 2. The van der Waals surface area contributed by atoms with Crippen molar-refractivity contribution in [1.29, 1.82) is 0 Å². The summed E-state index contributed by atoms with van der Waals surface area (Å²) in [7, 11) is 1.70. The molecule has 1 N–H and O–H groups in total. The Morgan fingerprint density at radius 3 is 2.23 bits per heavy atom. The summed E-state index contributed by atoms with van der Waals surface area (Å²) in [6.07, 6.45) is 0. The number of benzene rings is 1. The van der Waals surface area contributed by atoms with E-state index in [1.54, 1.807) is 7.11 Å². The van der Waals surface area contributed by atoms with Gasteiger partial charge in [-0.1, -0.05) is 19.1 Å². The zero-order chi connectivity index (χ0) is 9.31. The first-order valence-corrected chi connectivity index (χ1v) is 4.60. The van der Waals surface area contributed by atoms with Crippen molar-refractivity contribution >= 4 is 0 Å². The van der Waals surface area contributed by atoms with Crippen LogP contribution in [0.5, 0.6) is 5.75 Å². The van der Waals surface area contributed by atoms with E-state index >= 15 is 0 Å². The molecule has 0 aliphatic carbocycles. The van der Waals surface area contributed by atoms with E-state index in [2.05, 4.69) is 24.4 Å². The zero-order valence-corrected chi connectivity index (χ0v) is 8.13. The summed E-state index contributed by atoms with van der Waals surface area (Å²) < 4.78 is 5.12. The lowest BCUT2D eigenvalue weighted by molar-refractivity contribution is 0.305. The summed E-state index contributed by atoms with van der Waals surface area (Å²) >= 11 is 0. The van der Waals surface area contributed by atoms with Crippen LogP contribution < -0.4 is 10.1 Å². The second kappa shape index (κ2) is 3.04. The van der Waals surface area contributed by atoms with Gasteiger partial charge in [0.15, 0.2) is 0 Å². The molecule has 0 unspecified atom stereocenters. The minimum Gasteiger partial charge on any atom is -0.497 e. The van der Waals surface area contributed by atoms with Crippen LogP contribution in [-0.4, -0.2) is 20.2 Å². The van der Waals surface area contributed by atoms with E-state index in [9.17, 15) is 0 Å². The largest absolute Gasteiger partial charge is 0.497 e. The Balaban J connectivity index is 2.22. The molecule has 2 nitrogen and oxygen atoms in total. The van der Waals surface area contributed by atoms with Crippen molar-refractivity contribution in [2.24, 2.45) is 0 Å². The lowest BCUT2D eigenvalue weighted by atomic mass is 9.77. The van der Waals surface area contributed by atoms with Gasteiger partial charge in [-0.3, -0.25) is 0 Å². The van der Waals surface area contributed by atoms with Gasteiger partial charge in [0.1, 0.15) is 5.75 Å². The number of hydrogen-bond donors (Lipinski definition) is 1. The van der Waals surface area contributed by atoms with Crippen LogP contribution in [0.3, 0.4) is 0 Å². The molecule has 1 fully saturated rings. The SMILES string of the molecule is COc1ccc(C2(C)CNC2)cc1. The van der Waals surface area contributed by atoms with E-state index < -0.39 is 0 Å². The lowest BCUT2D eigenvalue weighted by Crippen LogP contribution is -2.54. The number of ether oxygens (including phenoxy) is 1. The van der Waals surface area contributed by atoms with E-state index in [1.807, 2.05) is 12.1 Å². The van der Waals surface area contributed by atoms with Crippen molar-refractivity contribution < 1.29 is 4.74 Å². The van der Waals surface area contributed by atoms with Gasteiger partial charge in [0.25, 0.3) is 0 Å². The highest BCUT2D eigenvalue weighted by atomic mass is 16.5. The molecule has 0 spiro atoms.